The maximum Gasteiger partial charge on any atom is 0.259 e. The van der Waals surface area contributed by atoms with Crippen LogP contribution in [0.2, 0.25) is 0 Å². The fraction of sp³-hybridized carbons (Fsp3) is 0.421. The number of benzene rings is 1. The molecule has 2 aliphatic rings. The van der Waals surface area contributed by atoms with Crippen molar-refractivity contribution in [3.63, 3.8) is 0 Å². The minimum absolute atomic E-state index is 0.0547. The number of halogens is 1. The van der Waals surface area contributed by atoms with E-state index < -0.39 is 5.41 Å². The molecule has 7 heteroatoms. The molecule has 0 saturated carbocycles. The van der Waals surface area contributed by atoms with E-state index in [0.29, 0.717) is 50.3 Å². The lowest BCUT2D eigenvalue weighted by Crippen LogP contribution is -2.38. The number of hydrogen-bond acceptors (Lipinski definition) is 4. The Bertz CT molecular complexity index is 865. The van der Waals surface area contributed by atoms with E-state index in [1.807, 2.05) is 6.07 Å². The maximum atomic E-state index is 13.4. The predicted molar refractivity (Wildman–Crippen MR) is 90.6 cm³/mol. The highest BCUT2D eigenvalue weighted by Crippen LogP contribution is 2.41. The van der Waals surface area contributed by atoms with Crippen molar-refractivity contribution in [2.24, 2.45) is 5.41 Å². The Labute approximate surface area is 150 Å². The molecular weight excluding hydrogens is 337 g/mol. The van der Waals surface area contributed by atoms with Gasteiger partial charge in [-0.05, 0) is 37.5 Å². The van der Waals surface area contributed by atoms with E-state index in [2.05, 4.69) is 5.16 Å². The first-order valence-corrected chi connectivity index (χ1v) is 8.73. The fourth-order valence-electron chi connectivity index (χ4n) is 4.00. The molecule has 2 fully saturated rings. The van der Waals surface area contributed by atoms with Crippen molar-refractivity contribution in [2.75, 3.05) is 19.6 Å². The minimum atomic E-state index is -0.520. The molecular formula is C19H20FN3O3. The van der Waals surface area contributed by atoms with E-state index in [4.69, 9.17) is 4.52 Å². The molecule has 2 saturated heterocycles. The number of amides is 2. The highest BCUT2D eigenvalue weighted by molar-refractivity contribution is 5.96. The average Bonchev–Trinajstić information content (AvgIpc) is 3.31. The second-order valence-electron chi connectivity index (χ2n) is 7.16. The lowest BCUT2D eigenvalue weighted by Gasteiger charge is -2.23. The van der Waals surface area contributed by atoms with Gasteiger partial charge in [0.15, 0.2) is 0 Å². The molecule has 2 aromatic rings. The normalized spacial score (nSPS) is 22.6. The molecule has 0 aliphatic carbocycles. The van der Waals surface area contributed by atoms with Gasteiger partial charge < -0.3 is 14.3 Å². The van der Waals surface area contributed by atoms with Gasteiger partial charge in [-0.3, -0.25) is 9.59 Å². The first-order chi connectivity index (χ1) is 12.5. The van der Waals surface area contributed by atoms with Crippen LogP contribution in [0.4, 0.5) is 4.39 Å². The van der Waals surface area contributed by atoms with E-state index >= 15 is 0 Å². The number of nitrogens with zero attached hydrogens (tertiary/aromatic N) is 3. The van der Waals surface area contributed by atoms with Crippen LogP contribution in [0.25, 0.3) is 0 Å². The van der Waals surface area contributed by atoms with Gasteiger partial charge in [0.25, 0.3) is 5.91 Å². The lowest BCUT2D eigenvalue weighted by atomic mass is 9.85. The SMILES string of the molecule is Cc1oncc1C(=O)N1CC[C@]2(CCN(Cc3cccc(F)c3)C2=O)C1. The van der Waals surface area contributed by atoms with Crippen LogP contribution in [0, 0.1) is 18.2 Å². The van der Waals surface area contributed by atoms with Gasteiger partial charge in [0.05, 0.1) is 11.6 Å². The number of carbonyl (C=O) groups is 2. The largest absolute Gasteiger partial charge is 0.361 e. The molecule has 1 aromatic carbocycles. The molecule has 136 valence electrons. The zero-order chi connectivity index (χ0) is 18.3. The van der Waals surface area contributed by atoms with Gasteiger partial charge in [0, 0.05) is 26.2 Å². The Kier molecular flexibility index (Phi) is 4.01. The molecule has 0 N–H and O–H groups in total. The van der Waals surface area contributed by atoms with Crippen LogP contribution in [0.15, 0.2) is 35.0 Å². The van der Waals surface area contributed by atoms with Crippen LogP contribution in [0.1, 0.15) is 34.5 Å². The third-order valence-corrected chi connectivity index (χ3v) is 5.49. The van der Waals surface area contributed by atoms with E-state index in [1.54, 1.807) is 22.8 Å². The monoisotopic (exact) mass is 357 g/mol. The molecule has 2 amide bonds. The molecule has 0 unspecified atom stereocenters. The number of likely N-dealkylation sites (tertiary alicyclic amines) is 2. The van der Waals surface area contributed by atoms with E-state index in [-0.39, 0.29) is 17.6 Å². The van der Waals surface area contributed by atoms with Crippen LogP contribution >= 0.6 is 0 Å². The van der Waals surface area contributed by atoms with E-state index in [1.165, 1.54) is 18.3 Å². The Morgan fingerprint density at radius 3 is 2.88 bits per heavy atom. The average molecular weight is 357 g/mol. The second kappa shape index (κ2) is 6.23. The summed E-state index contributed by atoms with van der Waals surface area (Å²) in [6, 6.07) is 6.32. The highest BCUT2D eigenvalue weighted by Gasteiger charge is 2.51. The van der Waals surface area contributed by atoms with Crippen molar-refractivity contribution in [3.05, 3.63) is 53.2 Å². The van der Waals surface area contributed by atoms with E-state index in [9.17, 15) is 14.0 Å². The molecule has 1 spiro atoms. The molecule has 2 aliphatic heterocycles. The summed E-state index contributed by atoms with van der Waals surface area (Å²) in [6.45, 7) is 3.69. The van der Waals surface area contributed by atoms with Gasteiger partial charge in [-0.25, -0.2) is 4.39 Å². The summed E-state index contributed by atoms with van der Waals surface area (Å²) >= 11 is 0. The zero-order valence-corrected chi connectivity index (χ0v) is 14.6. The van der Waals surface area contributed by atoms with Crippen LogP contribution in [0.3, 0.4) is 0 Å². The van der Waals surface area contributed by atoms with Crippen molar-refractivity contribution in [1.29, 1.82) is 0 Å². The topological polar surface area (TPSA) is 66.7 Å². The minimum Gasteiger partial charge on any atom is -0.361 e. The molecule has 6 nitrogen and oxygen atoms in total. The number of aryl methyl sites for hydroxylation is 1. The summed E-state index contributed by atoms with van der Waals surface area (Å²) < 4.78 is 18.4. The van der Waals surface area contributed by atoms with Gasteiger partial charge in [-0.1, -0.05) is 17.3 Å². The number of aromatic nitrogens is 1. The third-order valence-electron chi connectivity index (χ3n) is 5.49. The molecule has 3 heterocycles. The Hall–Kier alpha value is -2.70. The molecule has 1 atom stereocenters. The summed E-state index contributed by atoms with van der Waals surface area (Å²) in [6.07, 6.45) is 2.80. The number of carbonyl (C=O) groups excluding carboxylic acids is 2. The first-order valence-electron chi connectivity index (χ1n) is 8.73. The Balaban J connectivity index is 1.46. The number of rotatable bonds is 3. The predicted octanol–water partition coefficient (Wildman–Crippen LogP) is 2.39. The molecule has 0 bridgehead atoms. The highest BCUT2D eigenvalue weighted by atomic mass is 19.1. The van der Waals surface area contributed by atoms with Crippen LogP contribution in [-0.4, -0.2) is 46.4 Å². The van der Waals surface area contributed by atoms with Crippen LogP contribution < -0.4 is 0 Å². The lowest BCUT2D eigenvalue weighted by molar-refractivity contribution is -0.135. The maximum absolute atomic E-state index is 13.4. The van der Waals surface area contributed by atoms with Crippen molar-refractivity contribution in [2.45, 2.75) is 26.3 Å². The van der Waals surface area contributed by atoms with Crippen molar-refractivity contribution < 1.29 is 18.5 Å². The Morgan fingerprint density at radius 1 is 1.35 bits per heavy atom. The standard InChI is InChI=1S/C19H20FN3O3/c1-13-16(10-21-26-13)17(24)23-8-6-19(12-23)5-7-22(18(19)25)11-14-3-2-4-15(20)9-14/h2-4,9-10H,5-8,11-12H2,1H3/t19-/m1/s1. The van der Waals surface area contributed by atoms with Gasteiger partial charge in [0.2, 0.25) is 5.91 Å². The Morgan fingerprint density at radius 2 is 2.15 bits per heavy atom. The summed E-state index contributed by atoms with van der Waals surface area (Å²) in [4.78, 5) is 29.1. The third kappa shape index (κ3) is 2.77. The summed E-state index contributed by atoms with van der Waals surface area (Å²) in [5, 5.41) is 3.66. The molecule has 4 rings (SSSR count). The first kappa shape index (κ1) is 16.8. The summed E-state index contributed by atoms with van der Waals surface area (Å²) in [5.74, 6) is 0.100. The van der Waals surface area contributed by atoms with Gasteiger partial charge in [-0.15, -0.1) is 0 Å². The number of hydrogen-bond donors (Lipinski definition) is 0. The van der Waals surface area contributed by atoms with Gasteiger partial charge in [-0.2, -0.15) is 0 Å². The molecule has 26 heavy (non-hydrogen) atoms. The summed E-state index contributed by atoms with van der Waals surface area (Å²) in [7, 11) is 0. The van der Waals surface area contributed by atoms with Crippen molar-refractivity contribution in [1.82, 2.24) is 15.0 Å². The van der Waals surface area contributed by atoms with Crippen molar-refractivity contribution in [3.8, 4) is 0 Å². The van der Waals surface area contributed by atoms with Crippen LogP contribution in [-0.2, 0) is 11.3 Å². The molecule has 0 radical (unpaired) electrons. The summed E-state index contributed by atoms with van der Waals surface area (Å²) in [5.41, 5.74) is 0.708. The fourth-order valence-corrected chi connectivity index (χ4v) is 4.00. The van der Waals surface area contributed by atoms with Gasteiger partial charge in [0.1, 0.15) is 17.1 Å². The second-order valence-corrected chi connectivity index (χ2v) is 7.16. The zero-order valence-electron chi connectivity index (χ0n) is 14.6. The van der Waals surface area contributed by atoms with Crippen molar-refractivity contribution >= 4 is 11.8 Å². The molecule has 1 aromatic heterocycles. The quantitative estimate of drug-likeness (QED) is 0.846. The van der Waals surface area contributed by atoms with Gasteiger partial charge >= 0.3 is 0 Å². The van der Waals surface area contributed by atoms with E-state index in [0.717, 1.165) is 5.56 Å². The van der Waals surface area contributed by atoms with Crippen LogP contribution in [0.5, 0.6) is 0 Å². The smallest absolute Gasteiger partial charge is 0.259 e.